The quantitative estimate of drug-likeness (QED) is 0.903. The molecule has 0 spiro atoms. The van der Waals surface area contributed by atoms with E-state index in [1.54, 1.807) is 0 Å². The summed E-state index contributed by atoms with van der Waals surface area (Å²) in [5.41, 5.74) is -0.190. The van der Waals surface area contributed by atoms with Gasteiger partial charge in [-0.05, 0) is 12.1 Å². The molecule has 102 valence electrons. The highest BCUT2D eigenvalue weighted by molar-refractivity contribution is 7.92. The zero-order valence-corrected chi connectivity index (χ0v) is 10.8. The molecule has 0 saturated carbocycles. The maximum absolute atomic E-state index is 13.0. The Hall–Kier alpha value is -1.96. The molecule has 1 heterocycles. The van der Waals surface area contributed by atoms with E-state index in [0.717, 1.165) is 18.3 Å². The number of aryl methyl sites for hydroxylation is 1. The molecule has 0 unspecified atom stereocenters. The third-order valence-electron chi connectivity index (χ3n) is 2.34. The zero-order chi connectivity index (χ0) is 14.0. The fourth-order valence-corrected chi connectivity index (χ4v) is 2.46. The van der Waals surface area contributed by atoms with Crippen LogP contribution in [0.4, 0.5) is 14.5 Å². The van der Waals surface area contributed by atoms with Gasteiger partial charge in [-0.15, -0.1) is 0 Å². The highest BCUT2D eigenvalue weighted by Gasteiger charge is 2.17. The van der Waals surface area contributed by atoms with Gasteiger partial charge in [0.05, 0.1) is 11.9 Å². The number of imidazole rings is 1. The first-order valence-corrected chi connectivity index (χ1v) is 6.92. The van der Waals surface area contributed by atoms with Gasteiger partial charge in [0.25, 0.3) is 10.0 Å². The number of sulfonamides is 1. The molecule has 2 N–H and O–H groups in total. The summed E-state index contributed by atoms with van der Waals surface area (Å²) in [4.78, 5) is 6.46. The van der Waals surface area contributed by atoms with E-state index in [0.29, 0.717) is 18.3 Å². The molecule has 0 amide bonds. The molecule has 19 heavy (non-hydrogen) atoms. The van der Waals surface area contributed by atoms with Crippen LogP contribution >= 0.6 is 0 Å². The van der Waals surface area contributed by atoms with Crippen LogP contribution in [0.3, 0.4) is 0 Å². The summed E-state index contributed by atoms with van der Waals surface area (Å²) in [6.45, 7) is 1.81. The summed E-state index contributed by atoms with van der Waals surface area (Å²) in [5.74, 6) is -1.22. The lowest BCUT2D eigenvalue weighted by molar-refractivity contribution is 0.584. The van der Waals surface area contributed by atoms with E-state index in [4.69, 9.17) is 0 Å². The summed E-state index contributed by atoms with van der Waals surface area (Å²) < 4.78 is 51.9. The van der Waals surface area contributed by atoms with Crippen LogP contribution in [-0.4, -0.2) is 18.4 Å². The third kappa shape index (κ3) is 3.08. The Labute approximate surface area is 108 Å². The van der Waals surface area contributed by atoms with E-state index in [1.165, 1.54) is 0 Å². The Kier molecular flexibility index (Phi) is 3.52. The van der Waals surface area contributed by atoms with Gasteiger partial charge in [-0.2, -0.15) is 8.42 Å². The van der Waals surface area contributed by atoms with Crippen LogP contribution in [0.5, 0.6) is 0 Å². The Morgan fingerprint density at radius 2 is 1.89 bits per heavy atom. The molecule has 0 atom stereocenters. The van der Waals surface area contributed by atoms with Crippen molar-refractivity contribution in [3.8, 4) is 0 Å². The van der Waals surface area contributed by atoms with Crippen LogP contribution < -0.4 is 4.72 Å². The second-order valence-electron chi connectivity index (χ2n) is 3.81. The Balaban J connectivity index is 2.30. The minimum atomic E-state index is -3.94. The molecule has 2 rings (SSSR count). The first-order chi connectivity index (χ1) is 8.90. The summed E-state index contributed by atoms with van der Waals surface area (Å²) in [7, 11) is -3.94. The van der Waals surface area contributed by atoms with Gasteiger partial charge >= 0.3 is 0 Å². The fourth-order valence-electron chi connectivity index (χ4n) is 1.48. The van der Waals surface area contributed by atoms with Crippen molar-refractivity contribution in [3.63, 3.8) is 0 Å². The molecular weight excluding hydrogens is 276 g/mol. The minimum absolute atomic E-state index is 0.158. The van der Waals surface area contributed by atoms with Gasteiger partial charge in [0.15, 0.2) is 5.03 Å². The lowest BCUT2D eigenvalue weighted by Crippen LogP contribution is -2.13. The predicted octanol–water partition coefficient (Wildman–Crippen LogP) is 2.05. The molecule has 0 radical (unpaired) electrons. The molecular formula is C11H11F2N3O2S. The number of H-pyrrole nitrogens is 1. The normalized spacial score (nSPS) is 11.5. The average molecular weight is 287 g/mol. The molecule has 0 aliphatic carbocycles. The van der Waals surface area contributed by atoms with Crippen molar-refractivity contribution in [2.75, 3.05) is 4.72 Å². The van der Waals surface area contributed by atoms with Crippen LogP contribution in [0, 0.1) is 11.6 Å². The number of nitrogens with zero attached hydrogens (tertiary/aromatic N) is 1. The second-order valence-corrected chi connectivity index (χ2v) is 5.46. The maximum Gasteiger partial charge on any atom is 0.278 e. The fraction of sp³-hybridized carbons (Fsp3) is 0.182. The molecule has 2 aromatic rings. The molecule has 0 aliphatic rings. The monoisotopic (exact) mass is 287 g/mol. The van der Waals surface area contributed by atoms with Crippen molar-refractivity contribution < 1.29 is 17.2 Å². The van der Waals surface area contributed by atoms with Crippen molar-refractivity contribution in [2.24, 2.45) is 0 Å². The zero-order valence-electron chi connectivity index (χ0n) is 9.94. The Morgan fingerprint density at radius 1 is 1.26 bits per heavy atom. The Bertz CT molecular complexity index is 677. The second kappa shape index (κ2) is 4.96. The Morgan fingerprint density at radius 3 is 2.42 bits per heavy atom. The number of benzene rings is 1. The molecule has 0 fully saturated rings. The van der Waals surface area contributed by atoms with Gasteiger partial charge in [-0.3, -0.25) is 4.72 Å². The highest BCUT2D eigenvalue weighted by atomic mass is 32.2. The van der Waals surface area contributed by atoms with Crippen LogP contribution in [0.25, 0.3) is 0 Å². The van der Waals surface area contributed by atoms with Crippen molar-refractivity contribution in [3.05, 3.63) is 41.9 Å². The van der Waals surface area contributed by atoms with Gasteiger partial charge in [0, 0.05) is 12.5 Å². The van der Waals surface area contributed by atoms with Gasteiger partial charge in [0.1, 0.15) is 17.5 Å². The third-order valence-corrected chi connectivity index (χ3v) is 3.64. The number of hydrogen-bond acceptors (Lipinski definition) is 3. The number of rotatable bonds is 4. The topological polar surface area (TPSA) is 74.8 Å². The number of nitrogens with one attached hydrogen (secondary N) is 2. The molecule has 0 bridgehead atoms. The van der Waals surface area contributed by atoms with Gasteiger partial charge in [0.2, 0.25) is 0 Å². The number of aromatic nitrogens is 2. The van der Waals surface area contributed by atoms with Gasteiger partial charge in [-0.25, -0.2) is 13.8 Å². The number of anilines is 1. The van der Waals surface area contributed by atoms with E-state index in [2.05, 4.69) is 14.7 Å². The van der Waals surface area contributed by atoms with Crippen molar-refractivity contribution >= 4 is 15.7 Å². The molecule has 0 saturated heterocycles. The maximum atomic E-state index is 13.0. The van der Waals surface area contributed by atoms with Crippen LogP contribution in [-0.2, 0) is 16.4 Å². The number of halogens is 2. The van der Waals surface area contributed by atoms with Crippen molar-refractivity contribution in [1.29, 1.82) is 0 Å². The predicted molar refractivity (Wildman–Crippen MR) is 65.1 cm³/mol. The smallest absolute Gasteiger partial charge is 0.278 e. The largest absolute Gasteiger partial charge is 0.332 e. The molecule has 1 aromatic carbocycles. The first kappa shape index (κ1) is 13.5. The number of hydrogen-bond donors (Lipinski definition) is 2. The summed E-state index contributed by atoms with van der Waals surface area (Å²) >= 11 is 0. The molecule has 5 nitrogen and oxygen atoms in total. The SMILES string of the molecule is CCc1ncc(S(=O)(=O)Nc2cc(F)cc(F)c2)[nH]1. The van der Waals surface area contributed by atoms with Crippen LogP contribution in [0.15, 0.2) is 29.4 Å². The van der Waals surface area contributed by atoms with E-state index < -0.39 is 21.7 Å². The standard InChI is InChI=1S/C11H11F2N3O2S/c1-2-10-14-6-11(15-10)19(17,18)16-9-4-7(12)3-8(13)5-9/h3-6,16H,2H2,1H3,(H,14,15). The lowest BCUT2D eigenvalue weighted by Gasteiger charge is -2.06. The minimum Gasteiger partial charge on any atom is -0.332 e. The van der Waals surface area contributed by atoms with E-state index in [9.17, 15) is 17.2 Å². The first-order valence-electron chi connectivity index (χ1n) is 5.43. The highest BCUT2D eigenvalue weighted by Crippen LogP contribution is 2.17. The lowest BCUT2D eigenvalue weighted by atomic mass is 10.3. The van der Waals surface area contributed by atoms with Gasteiger partial charge in [-0.1, -0.05) is 6.92 Å². The van der Waals surface area contributed by atoms with E-state index in [-0.39, 0.29) is 10.7 Å². The van der Waals surface area contributed by atoms with Crippen molar-refractivity contribution in [1.82, 2.24) is 9.97 Å². The van der Waals surface area contributed by atoms with Crippen LogP contribution in [0.2, 0.25) is 0 Å². The average Bonchev–Trinajstić information content (AvgIpc) is 2.75. The summed E-state index contributed by atoms with van der Waals surface area (Å²) in [6, 6.07) is 2.43. The van der Waals surface area contributed by atoms with E-state index >= 15 is 0 Å². The molecule has 1 aromatic heterocycles. The molecule has 8 heteroatoms. The van der Waals surface area contributed by atoms with Crippen LogP contribution in [0.1, 0.15) is 12.7 Å². The van der Waals surface area contributed by atoms with Crippen molar-refractivity contribution in [2.45, 2.75) is 18.4 Å². The summed E-state index contributed by atoms with van der Waals surface area (Å²) in [5, 5.41) is -0.158. The van der Waals surface area contributed by atoms with Gasteiger partial charge < -0.3 is 4.98 Å². The number of aromatic amines is 1. The van der Waals surface area contributed by atoms with E-state index in [1.807, 2.05) is 6.92 Å². The molecule has 0 aliphatic heterocycles. The summed E-state index contributed by atoms with van der Waals surface area (Å²) in [6.07, 6.45) is 1.70.